The van der Waals surface area contributed by atoms with Gasteiger partial charge in [0.25, 0.3) is 0 Å². The second-order valence-electron chi connectivity index (χ2n) is 17.8. The lowest BCUT2D eigenvalue weighted by atomic mass is 10.0. The van der Waals surface area contributed by atoms with E-state index in [2.05, 4.69) is 19.2 Å². The molecule has 0 bridgehead atoms. The van der Waals surface area contributed by atoms with Gasteiger partial charge in [0.05, 0.1) is 39.9 Å². The molecule has 0 heterocycles. The van der Waals surface area contributed by atoms with Crippen LogP contribution in [-0.2, 0) is 18.4 Å². The molecule has 9 heteroatoms. The molecule has 0 aliphatic heterocycles. The van der Waals surface area contributed by atoms with Crippen molar-refractivity contribution in [1.82, 2.24) is 5.32 Å². The molecule has 0 radical (unpaired) electrons. The summed E-state index contributed by atoms with van der Waals surface area (Å²) in [5.74, 6) is -0.173. The van der Waals surface area contributed by atoms with Gasteiger partial charge in [-0.25, -0.2) is 4.57 Å². The molecular weight excluding hydrogens is 719 g/mol. The topological polar surface area (TPSA) is 105 Å². The van der Waals surface area contributed by atoms with Crippen molar-refractivity contribution in [3.8, 4) is 0 Å². The number of phosphoric ester groups is 1. The van der Waals surface area contributed by atoms with E-state index < -0.39 is 20.0 Å². The van der Waals surface area contributed by atoms with Gasteiger partial charge in [-0.15, -0.1) is 0 Å². The van der Waals surface area contributed by atoms with E-state index in [1.54, 1.807) is 6.08 Å². The maximum absolute atomic E-state index is 12.9. The van der Waals surface area contributed by atoms with Crippen molar-refractivity contribution in [2.75, 3.05) is 40.9 Å². The molecule has 0 aromatic heterocycles. The van der Waals surface area contributed by atoms with E-state index in [9.17, 15) is 19.4 Å². The van der Waals surface area contributed by atoms with E-state index in [-0.39, 0.29) is 19.1 Å². The number of aliphatic hydroxyl groups is 1. The number of nitrogens with one attached hydrogen (secondary N) is 1. The fraction of sp³-hybridized carbons (Fsp3) is 0.936. The van der Waals surface area contributed by atoms with Crippen LogP contribution in [0.2, 0.25) is 0 Å². The van der Waals surface area contributed by atoms with E-state index in [4.69, 9.17) is 9.05 Å². The Bertz CT molecular complexity index is 927. The van der Waals surface area contributed by atoms with Gasteiger partial charge in [-0.05, 0) is 19.3 Å². The van der Waals surface area contributed by atoms with Crippen molar-refractivity contribution in [2.24, 2.45) is 0 Å². The number of quaternary nitrogens is 1. The first-order valence-corrected chi connectivity index (χ1v) is 25.6. The fourth-order valence-electron chi connectivity index (χ4n) is 7.16. The first-order chi connectivity index (χ1) is 27.0. The molecule has 1 amide bonds. The van der Waals surface area contributed by atoms with Crippen LogP contribution in [0.15, 0.2) is 12.2 Å². The summed E-state index contributed by atoms with van der Waals surface area (Å²) in [6.07, 6.45) is 45.6. The first-order valence-electron chi connectivity index (χ1n) is 24.1. The van der Waals surface area contributed by atoms with Crippen LogP contribution in [0.25, 0.3) is 0 Å². The number of allylic oxidation sites excluding steroid dienone is 1. The first kappa shape index (κ1) is 55.2. The van der Waals surface area contributed by atoms with Crippen LogP contribution in [0.3, 0.4) is 0 Å². The quantitative estimate of drug-likeness (QED) is 0.0245. The number of likely N-dealkylation sites (N-methyl/N-ethyl adjacent to an activating group) is 1. The average molecular weight is 816 g/mol. The number of hydrogen-bond donors (Lipinski definition) is 3. The maximum atomic E-state index is 12.9. The molecule has 0 fully saturated rings. The van der Waals surface area contributed by atoms with Crippen molar-refractivity contribution < 1.29 is 32.9 Å². The molecule has 0 spiro atoms. The summed E-state index contributed by atoms with van der Waals surface area (Å²) in [5.41, 5.74) is 0. The summed E-state index contributed by atoms with van der Waals surface area (Å²) in [6, 6.07) is -0.840. The zero-order chi connectivity index (χ0) is 41.4. The molecule has 3 atom stereocenters. The lowest BCUT2D eigenvalue weighted by Gasteiger charge is -2.25. The summed E-state index contributed by atoms with van der Waals surface area (Å²) in [4.78, 5) is 23.2. The number of phosphoric acid groups is 1. The summed E-state index contributed by atoms with van der Waals surface area (Å²) < 4.78 is 23.6. The lowest BCUT2D eigenvalue weighted by molar-refractivity contribution is -0.870. The van der Waals surface area contributed by atoms with E-state index in [1.807, 2.05) is 27.2 Å². The van der Waals surface area contributed by atoms with Crippen molar-refractivity contribution >= 4 is 13.7 Å². The van der Waals surface area contributed by atoms with Gasteiger partial charge in [0.2, 0.25) is 5.91 Å². The minimum Gasteiger partial charge on any atom is -0.387 e. The Kier molecular flexibility index (Phi) is 39.1. The van der Waals surface area contributed by atoms with Gasteiger partial charge in [0.15, 0.2) is 0 Å². The van der Waals surface area contributed by atoms with Crippen molar-refractivity contribution in [1.29, 1.82) is 0 Å². The number of carbonyl (C=O) groups is 1. The molecule has 0 saturated carbocycles. The number of rotatable bonds is 44. The highest BCUT2D eigenvalue weighted by Gasteiger charge is 2.27. The Morgan fingerprint density at radius 3 is 1.32 bits per heavy atom. The molecule has 1 unspecified atom stereocenters. The number of carbonyl (C=O) groups excluding carboxylic acids is 1. The average Bonchev–Trinajstić information content (AvgIpc) is 3.15. The Balaban J connectivity index is 4.33. The second-order valence-corrected chi connectivity index (χ2v) is 19.3. The van der Waals surface area contributed by atoms with Gasteiger partial charge in [-0.2, -0.15) is 0 Å². The summed E-state index contributed by atoms with van der Waals surface area (Å²) >= 11 is 0. The van der Waals surface area contributed by atoms with Gasteiger partial charge in [-0.3, -0.25) is 13.8 Å². The zero-order valence-corrected chi connectivity index (χ0v) is 38.8. The normalized spacial score (nSPS) is 14.3. The third-order valence-corrected chi connectivity index (χ3v) is 12.0. The third kappa shape index (κ3) is 41.4. The lowest BCUT2D eigenvalue weighted by Crippen LogP contribution is -2.45. The summed E-state index contributed by atoms with van der Waals surface area (Å²) in [7, 11) is 1.58. The predicted octanol–water partition coefficient (Wildman–Crippen LogP) is 13.5. The highest BCUT2D eigenvalue weighted by molar-refractivity contribution is 7.47. The van der Waals surface area contributed by atoms with Crippen LogP contribution in [0.4, 0.5) is 0 Å². The molecule has 334 valence electrons. The molecule has 0 saturated heterocycles. The van der Waals surface area contributed by atoms with Crippen LogP contribution in [0, 0.1) is 0 Å². The Labute approximate surface area is 348 Å². The largest absolute Gasteiger partial charge is 0.472 e. The van der Waals surface area contributed by atoms with Crippen LogP contribution in [0.1, 0.15) is 232 Å². The van der Waals surface area contributed by atoms with Gasteiger partial charge in [0, 0.05) is 6.42 Å². The molecule has 3 N–H and O–H groups in total. The predicted molar refractivity (Wildman–Crippen MR) is 240 cm³/mol. The van der Waals surface area contributed by atoms with Gasteiger partial charge in [-0.1, -0.05) is 219 Å². The molecule has 0 rings (SSSR count). The molecule has 0 aliphatic carbocycles. The van der Waals surface area contributed by atoms with E-state index >= 15 is 0 Å². The van der Waals surface area contributed by atoms with Gasteiger partial charge < -0.3 is 19.8 Å². The van der Waals surface area contributed by atoms with Gasteiger partial charge in [0.1, 0.15) is 13.2 Å². The smallest absolute Gasteiger partial charge is 0.387 e. The van der Waals surface area contributed by atoms with Crippen LogP contribution in [0.5, 0.6) is 0 Å². The molecule has 0 aromatic rings. The monoisotopic (exact) mass is 816 g/mol. The zero-order valence-electron chi connectivity index (χ0n) is 37.9. The van der Waals surface area contributed by atoms with E-state index in [0.29, 0.717) is 17.4 Å². The van der Waals surface area contributed by atoms with Crippen LogP contribution >= 0.6 is 7.82 Å². The Morgan fingerprint density at radius 1 is 0.589 bits per heavy atom. The number of amides is 1. The highest BCUT2D eigenvalue weighted by Crippen LogP contribution is 2.43. The summed E-state index contributed by atoms with van der Waals surface area (Å²) in [5, 5.41) is 13.9. The molecular formula is C47H96N2O6P+. The Morgan fingerprint density at radius 2 is 0.946 bits per heavy atom. The van der Waals surface area contributed by atoms with Crippen molar-refractivity contribution in [3.63, 3.8) is 0 Å². The molecule has 0 aliphatic rings. The third-order valence-electron chi connectivity index (χ3n) is 11.0. The highest BCUT2D eigenvalue weighted by atomic mass is 31.2. The number of unbranched alkanes of at least 4 members (excludes halogenated alkanes) is 31. The number of hydrogen-bond acceptors (Lipinski definition) is 5. The van der Waals surface area contributed by atoms with Crippen molar-refractivity contribution in [3.05, 3.63) is 12.2 Å². The SMILES string of the molecule is CCCCCCCCCCCCCCCC/C=C/[C@@H](O)[C@H](COP(=O)(O)OCC[N+](C)(C)C)NC(=O)CCCCCCCCCCCCCCCCCCCC. The molecule has 8 nitrogen and oxygen atoms in total. The Hall–Kier alpha value is -0.760. The maximum Gasteiger partial charge on any atom is 0.472 e. The van der Waals surface area contributed by atoms with Gasteiger partial charge >= 0.3 is 7.82 Å². The standard InChI is InChI=1S/C47H95N2O6P/c1-6-8-10-12-14-16-18-20-22-24-25-27-29-31-33-35-37-39-41-47(51)48-45(44-55-56(52,53)54-43-42-49(3,4)5)46(50)40-38-36-34-32-30-28-26-23-21-19-17-15-13-11-9-7-2/h38,40,45-46,50H,6-37,39,41-44H2,1-5H3,(H-,48,51,52,53)/p+1/b40-38+/t45-,46+/m0/s1. The van der Waals surface area contributed by atoms with E-state index in [0.717, 1.165) is 32.1 Å². The van der Waals surface area contributed by atoms with Crippen LogP contribution < -0.4 is 5.32 Å². The molecule has 0 aromatic carbocycles. The fourth-order valence-corrected chi connectivity index (χ4v) is 7.90. The number of aliphatic hydroxyl groups excluding tert-OH is 1. The second kappa shape index (κ2) is 39.7. The minimum atomic E-state index is -4.33. The molecule has 56 heavy (non-hydrogen) atoms. The number of nitrogens with zero attached hydrogens (tertiary/aromatic N) is 1. The summed E-state index contributed by atoms with van der Waals surface area (Å²) in [6.45, 7) is 4.84. The van der Waals surface area contributed by atoms with Crippen LogP contribution in [-0.4, -0.2) is 73.4 Å². The van der Waals surface area contributed by atoms with E-state index in [1.165, 1.54) is 180 Å². The van der Waals surface area contributed by atoms with Crippen molar-refractivity contribution in [2.45, 2.75) is 244 Å². The minimum absolute atomic E-state index is 0.0648.